The number of pyridine rings is 1. The molecule has 1 unspecified atom stereocenters. The summed E-state index contributed by atoms with van der Waals surface area (Å²) in [6.07, 6.45) is 4.35. The molecule has 3 rings (SSSR count). The summed E-state index contributed by atoms with van der Waals surface area (Å²) in [5.74, 6) is 1.21. The van der Waals surface area contributed by atoms with E-state index in [1.807, 2.05) is 6.07 Å². The summed E-state index contributed by atoms with van der Waals surface area (Å²) in [5.41, 5.74) is 2.77. The summed E-state index contributed by atoms with van der Waals surface area (Å²) in [5, 5.41) is 0. The molecule has 1 heterocycles. The van der Waals surface area contributed by atoms with Crippen molar-refractivity contribution in [3.63, 3.8) is 0 Å². The first kappa shape index (κ1) is 15.3. The van der Waals surface area contributed by atoms with Crippen LogP contribution in [0, 0.1) is 0 Å². The van der Waals surface area contributed by atoms with Crippen molar-refractivity contribution in [1.29, 1.82) is 0 Å². The third-order valence-corrected chi connectivity index (χ3v) is 3.50. The van der Waals surface area contributed by atoms with Crippen molar-refractivity contribution in [3.8, 4) is 11.5 Å². The van der Waals surface area contributed by atoms with E-state index >= 15 is 0 Å². The van der Waals surface area contributed by atoms with E-state index in [4.69, 9.17) is 9.47 Å². The second kappa shape index (κ2) is 6.59. The largest absolute Gasteiger partial charge is 0.493 e. The van der Waals surface area contributed by atoms with Crippen LogP contribution in [0.15, 0.2) is 36.5 Å². The molecule has 1 aliphatic carbocycles. The quantitative estimate of drug-likeness (QED) is 0.812. The summed E-state index contributed by atoms with van der Waals surface area (Å²) < 4.78 is 11.3. The Morgan fingerprint density at radius 2 is 2.14 bits per heavy atom. The number of aryl methyl sites for hydroxylation is 1. The first-order chi connectivity index (χ1) is 9.81. The first-order valence-corrected chi connectivity index (χ1v) is 6.55. The second-order valence-electron chi connectivity index (χ2n) is 4.72. The number of nitrogens with zero attached hydrogens (tertiary/aromatic N) is 1. The van der Waals surface area contributed by atoms with Gasteiger partial charge in [0, 0.05) is 11.8 Å². The number of hydrogen-bond donors (Lipinski definition) is 0. The highest BCUT2D eigenvalue weighted by atomic mass is 35.5. The molecule has 0 fully saturated rings. The Morgan fingerprint density at radius 1 is 1.29 bits per heavy atom. The summed E-state index contributed by atoms with van der Waals surface area (Å²) in [6, 6.07) is 9.17. The molecule has 1 aromatic heterocycles. The van der Waals surface area contributed by atoms with Gasteiger partial charge in [0.1, 0.15) is 12.4 Å². The van der Waals surface area contributed by atoms with Gasteiger partial charge in [0.2, 0.25) is 0 Å². The molecule has 1 atom stereocenters. The third-order valence-electron chi connectivity index (χ3n) is 3.50. The molecule has 0 saturated heterocycles. The van der Waals surface area contributed by atoms with E-state index in [-0.39, 0.29) is 18.5 Å². The monoisotopic (exact) mass is 305 g/mol. The number of halogens is 1. The molecule has 21 heavy (non-hydrogen) atoms. The number of aromatic nitrogens is 1. The fourth-order valence-corrected chi connectivity index (χ4v) is 2.50. The highest BCUT2D eigenvalue weighted by Crippen LogP contribution is 2.37. The Morgan fingerprint density at radius 3 is 2.90 bits per heavy atom. The minimum atomic E-state index is -0.0815. The highest BCUT2D eigenvalue weighted by Gasteiger charge is 2.26. The Kier molecular flexibility index (Phi) is 4.81. The van der Waals surface area contributed by atoms with Gasteiger partial charge in [-0.2, -0.15) is 0 Å². The van der Waals surface area contributed by atoms with Crippen LogP contribution in [0.1, 0.15) is 34.1 Å². The molecule has 0 bridgehead atoms. The topological polar surface area (TPSA) is 48.4 Å². The minimum absolute atomic E-state index is 0. The number of aldehydes is 1. The number of benzene rings is 1. The summed E-state index contributed by atoms with van der Waals surface area (Å²) in [4.78, 5) is 15.3. The predicted molar refractivity (Wildman–Crippen MR) is 81.6 cm³/mol. The Hall–Kier alpha value is -2.07. The number of carbonyl (C=O) groups excluding carboxylic acids is 1. The molecule has 4 nitrogen and oxygen atoms in total. The van der Waals surface area contributed by atoms with Gasteiger partial charge in [-0.25, -0.2) is 0 Å². The first-order valence-electron chi connectivity index (χ1n) is 6.55. The SMILES string of the molecule is COc1ccc(C=O)cc1OC1CCc2cccnc21.Cl. The number of carbonyl (C=O) groups is 1. The van der Waals surface area contributed by atoms with Gasteiger partial charge in [0.05, 0.1) is 12.8 Å². The smallest absolute Gasteiger partial charge is 0.162 e. The molecular formula is C16H16ClNO3. The third kappa shape index (κ3) is 3.00. The van der Waals surface area contributed by atoms with Gasteiger partial charge in [0.25, 0.3) is 0 Å². The van der Waals surface area contributed by atoms with Crippen LogP contribution in [0.3, 0.4) is 0 Å². The maximum Gasteiger partial charge on any atom is 0.162 e. The minimum Gasteiger partial charge on any atom is -0.493 e. The normalized spacial score (nSPS) is 15.8. The average molecular weight is 306 g/mol. The number of hydrogen-bond acceptors (Lipinski definition) is 4. The zero-order chi connectivity index (χ0) is 13.9. The van der Waals surface area contributed by atoms with Crippen LogP contribution in [0.2, 0.25) is 0 Å². The molecule has 110 valence electrons. The summed E-state index contributed by atoms with van der Waals surface area (Å²) in [6.45, 7) is 0. The molecular weight excluding hydrogens is 290 g/mol. The van der Waals surface area contributed by atoms with Gasteiger partial charge in [-0.15, -0.1) is 12.4 Å². The molecule has 0 radical (unpaired) electrons. The summed E-state index contributed by atoms with van der Waals surface area (Å²) >= 11 is 0. The number of methoxy groups -OCH3 is 1. The highest BCUT2D eigenvalue weighted by molar-refractivity contribution is 5.85. The Balaban J connectivity index is 0.00000161. The van der Waals surface area contributed by atoms with Gasteiger partial charge in [0.15, 0.2) is 11.5 Å². The lowest BCUT2D eigenvalue weighted by Gasteiger charge is -2.16. The molecule has 1 aliphatic rings. The van der Waals surface area contributed by atoms with Crippen molar-refractivity contribution in [1.82, 2.24) is 4.98 Å². The standard InChI is InChI=1S/C16H15NO3.ClH/c1-19-13-6-4-11(10-18)9-15(13)20-14-7-5-12-3-2-8-17-16(12)14;/h2-4,6,8-10,14H,5,7H2,1H3;1H. The molecule has 2 aromatic rings. The zero-order valence-corrected chi connectivity index (χ0v) is 12.4. The van der Waals surface area contributed by atoms with E-state index < -0.39 is 0 Å². The second-order valence-corrected chi connectivity index (χ2v) is 4.72. The van der Waals surface area contributed by atoms with Crippen molar-refractivity contribution in [2.24, 2.45) is 0 Å². The predicted octanol–water partition coefficient (Wildman–Crippen LogP) is 3.39. The van der Waals surface area contributed by atoms with Crippen LogP contribution in [0.4, 0.5) is 0 Å². The van der Waals surface area contributed by atoms with Gasteiger partial charge < -0.3 is 9.47 Å². The average Bonchev–Trinajstić information content (AvgIpc) is 2.90. The van der Waals surface area contributed by atoms with Crippen molar-refractivity contribution in [2.45, 2.75) is 18.9 Å². The maximum atomic E-state index is 10.9. The Labute approximate surface area is 129 Å². The van der Waals surface area contributed by atoms with Gasteiger partial charge >= 0.3 is 0 Å². The summed E-state index contributed by atoms with van der Waals surface area (Å²) in [7, 11) is 1.59. The molecule has 0 spiro atoms. The van der Waals surface area contributed by atoms with E-state index in [1.165, 1.54) is 5.56 Å². The fraction of sp³-hybridized carbons (Fsp3) is 0.250. The zero-order valence-electron chi connectivity index (χ0n) is 11.6. The molecule has 0 N–H and O–H groups in total. The molecule has 1 aromatic carbocycles. The maximum absolute atomic E-state index is 10.9. The number of ether oxygens (including phenoxy) is 2. The van der Waals surface area contributed by atoms with Crippen LogP contribution in [-0.2, 0) is 6.42 Å². The van der Waals surface area contributed by atoms with Crippen molar-refractivity contribution < 1.29 is 14.3 Å². The van der Waals surface area contributed by atoms with Crippen LogP contribution >= 0.6 is 12.4 Å². The molecule has 0 aliphatic heterocycles. The lowest BCUT2D eigenvalue weighted by atomic mass is 10.2. The lowest BCUT2D eigenvalue weighted by molar-refractivity contribution is 0.112. The molecule has 5 heteroatoms. The van der Waals surface area contributed by atoms with Gasteiger partial charge in [-0.3, -0.25) is 9.78 Å². The van der Waals surface area contributed by atoms with Crippen LogP contribution in [0.25, 0.3) is 0 Å². The molecule has 0 amide bonds. The Bertz CT molecular complexity index is 645. The van der Waals surface area contributed by atoms with Crippen LogP contribution in [-0.4, -0.2) is 18.4 Å². The van der Waals surface area contributed by atoms with Gasteiger partial charge in [-0.05, 0) is 42.7 Å². The van der Waals surface area contributed by atoms with Crippen molar-refractivity contribution in [2.75, 3.05) is 7.11 Å². The van der Waals surface area contributed by atoms with Crippen LogP contribution in [0.5, 0.6) is 11.5 Å². The number of rotatable bonds is 4. The van der Waals surface area contributed by atoms with Crippen molar-refractivity contribution >= 4 is 18.7 Å². The van der Waals surface area contributed by atoms with E-state index in [2.05, 4.69) is 11.1 Å². The van der Waals surface area contributed by atoms with E-state index in [9.17, 15) is 4.79 Å². The number of fused-ring (bicyclic) bond motifs is 1. The lowest BCUT2D eigenvalue weighted by Crippen LogP contribution is -2.06. The van der Waals surface area contributed by atoms with E-state index in [1.54, 1.807) is 31.5 Å². The van der Waals surface area contributed by atoms with Crippen molar-refractivity contribution in [3.05, 3.63) is 53.3 Å². The van der Waals surface area contributed by atoms with Crippen LogP contribution < -0.4 is 9.47 Å². The van der Waals surface area contributed by atoms with E-state index in [0.717, 1.165) is 24.8 Å². The van der Waals surface area contributed by atoms with E-state index in [0.29, 0.717) is 17.1 Å². The fourth-order valence-electron chi connectivity index (χ4n) is 2.50. The molecule has 0 saturated carbocycles. The van der Waals surface area contributed by atoms with Gasteiger partial charge in [-0.1, -0.05) is 6.07 Å².